The summed E-state index contributed by atoms with van der Waals surface area (Å²) >= 11 is 0. The number of rotatable bonds is 2. The lowest BCUT2D eigenvalue weighted by Crippen LogP contribution is -1.93. The maximum atomic E-state index is 10.7. The zero-order valence-electron chi connectivity index (χ0n) is 7.52. The second-order valence-corrected chi connectivity index (χ2v) is 2.81. The number of nitrogens with zero attached hydrogens (tertiary/aromatic N) is 1. The second-order valence-electron chi connectivity index (χ2n) is 2.81. The lowest BCUT2D eigenvalue weighted by molar-refractivity contribution is -0.385. The molecule has 1 heterocycles. The fraction of sp³-hybridized carbons (Fsp3) is 0.222. The highest BCUT2D eigenvalue weighted by Gasteiger charge is 2.22. The smallest absolute Gasteiger partial charge is 0.276 e. The zero-order valence-corrected chi connectivity index (χ0v) is 7.52. The Balaban J connectivity index is 2.54. The van der Waals surface area contributed by atoms with Gasteiger partial charge in [-0.1, -0.05) is 6.92 Å². The number of nitro groups is 1. The first-order valence-electron chi connectivity index (χ1n) is 4.10. The van der Waals surface area contributed by atoms with Crippen LogP contribution < -0.4 is 9.47 Å². The van der Waals surface area contributed by atoms with Crippen LogP contribution in [0, 0.1) is 16.5 Å². The van der Waals surface area contributed by atoms with Gasteiger partial charge in [0.15, 0.2) is 11.5 Å². The third-order valence-electron chi connectivity index (χ3n) is 2.03. The van der Waals surface area contributed by atoms with Gasteiger partial charge in [0.25, 0.3) is 5.69 Å². The molecule has 0 spiro atoms. The van der Waals surface area contributed by atoms with Gasteiger partial charge in [0.2, 0.25) is 6.79 Å². The van der Waals surface area contributed by atoms with Gasteiger partial charge < -0.3 is 9.47 Å². The summed E-state index contributed by atoms with van der Waals surface area (Å²) in [6.45, 7) is 1.87. The van der Waals surface area contributed by atoms with Crippen LogP contribution in [-0.2, 0) is 0 Å². The lowest BCUT2D eigenvalue weighted by atomic mass is 10.1. The molecule has 0 atom stereocenters. The fourth-order valence-corrected chi connectivity index (χ4v) is 1.34. The first-order valence-corrected chi connectivity index (χ1v) is 4.10. The summed E-state index contributed by atoms with van der Waals surface area (Å²) in [4.78, 5) is 10.2. The molecule has 0 saturated carbocycles. The summed E-state index contributed by atoms with van der Waals surface area (Å²) < 4.78 is 10.2. The van der Waals surface area contributed by atoms with Crippen LogP contribution >= 0.6 is 0 Å². The first kappa shape index (κ1) is 8.80. The minimum Gasteiger partial charge on any atom is -0.454 e. The maximum Gasteiger partial charge on any atom is 0.276 e. The van der Waals surface area contributed by atoms with Crippen molar-refractivity contribution in [1.29, 1.82) is 0 Å². The molecule has 0 aromatic heterocycles. The van der Waals surface area contributed by atoms with E-state index in [9.17, 15) is 10.1 Å². The highest BCUT2D eigenvalue weighted by molar-refractivity contribution is 5.57. The van der Waals surface area contributed by atoms with Crippen molar-refractivity contribution in [2.24, 2.45) is 0 Å². The molecule has 5 nitrogen and oxygen atoms in total. The van der Waals surface area contributed by atoms with Gasteiger partial charge in [-0.2, -0.15) is 0 Å². The molecule has 1 aliphatic rings. The Morgan fingerprint density at radius 1 is 1.43 bits per heavy atom. The average molecular weight is 194 g/mol. The molecule has 73 valence electrons. The van der Waals surface area contributed by atoms with Crippen LogP contribution in [0.25, 0.3) is 0 Å². The SMILES string of the molecule is C[CH]c1cc2c(cc1[N+](=O)[O-])OCO2. The standard InChI is InChI=1S/C9H8NO4/c1-2-6-3-8-9(14-5-13-8)4-7(6)10(11)12/h2-4H,5H2,1H3. The van der Waals surface area contributed by atoms with E-state index >= 15 is 0 Å². The molecule has 1 aliphatic heterocycles. The van der Waals surface area contributed by atoms with Crippen LogP contribution in [0.15, 0.2) is 12.1 Å². The maximum absolute atomic E-state index is 10.7. The second kappa shape index (κ2) is 3.17. The first-order chi connectivity index (χ1) is 6.72. The van der Waals surface area contributed by atoms with Crippen LogP contribution in [0.5, 0.6) is 11.5 Å². The van der Waals surface area contributed by atoms with Crippen molar-refractivity contribution < 1.29 is 14.4 Å². The van der Waals surface area contributed by atoms with E-state index in [-0.39, 0.29) is 12.5 Å². The van der Waals surface area contributed by atoms with Crippen LogP contribution in [0.3, 0.4) is 0 Å². The van der Waals surface area contributed by atoms with E-state index in [0.717, 1.165) is 0 Å². The molecule has 14 heavy (non-hydrogen) atoms. The van der Waals surface area contributed by atoms with Crippen LogP contribution in [0.4, 0.5) is 5.69 Å². The van der Waals surface area contributed by atoms with Crippen molar-refractivity contribution in [1.82, 2.24) is 0 Å². The average Bonchev–Trinajstić information content (AvgIpc) is 2.62. The summed E-state index contributed by atoms with van der Waals surface area (Å²) in [7, 11) is 0. The van der Waals surface area contributed by atoms with Gasteiger partial charge in [-0.25, -0.2) is 0 Å². The lowest BCUT2D eigenvalue weighted by Gasteiger charge is -2.01. The highest BCUT2D eigenvalue weighted by atomic mass is 16.7. The number of fused-ring (bicyclic) bond motifs is 1. The fourth-order valence-electron chi connectivity index (χ4n) is 1.34. The third-order valence-corrected chi connectivity index (χ3v) is 2.03. The highest BCUT2D eigenvalue weighted by Crippen LogP contribution is 2.38. The number of ether oxygens (including phenoxy) is 2. The molecule has 2 rings (SSSR count). The third kappa shape index (κ3) is 1.26. The Hall–Kier alpha value is -1.78. The molecule has 1 aromatic rings. The largest absolute Gasteiger partial charge is 0.454 e. The summed E-state index contributed by atoms with van der Waals surface area (Å²) in [6, 6.07) is 3.00. The number of nitro benzene ring substituents is 1. The normalized spacial score (nSPS) is 12.9. The molecule has 1 aromatic carbocycles. The van der Waals surface area contributed by atoms with Gasteiger partial charge in [0, 0.05) is 5.56 Å². The van der Waals surface area contributed by atoms with Crippen molar-refractivity contribution in [2.45, 2.75) is 6.92 Å². The van der Waals surface area contributed by atoms with Crippen LogP contribution in [-0.4, -0.2) is 11.7 Å². The molecule has 5 heteroatoms. The molecule has 0 saturated heterocycles. The van der Waals surface area contributed by atoms with Crippen molar-refractivity contribution in [3.8, 4) is 11.5 Å². The molecule has 0 fully saturated rings. The number of benzene rings is 1. The Labute approximate surface area is 80.4 Å². The topological polar surface area (TPSA) is 61.6 Å². The Kier molecular flexibility index (Phi) is 1.99. The van der Waals surface area contributed by atoms with Crippen molar-refractivity contribution in [3.05, 3.63) is 34.2 Å². The minimum atomic E-state index is -0.433. The number of hydrogen-bond donors (Lipinski definition) is 0. The molecule has 0 amide bonds. The van der Waals surface area contributed by atoms with E-state index < -0.39 is 4.92 Å². The van der Waals surface area contributed by atoms with E-state index in [0.29, 0.717) is 17.1 Å². The van der Waals surface area contributed by atoms with Crippen molar-refractivity contribution in [2.75, 3.05) is 6.79 Å². The van der Waals surface area contributed by atoms with Gasteiger partial charge in [-0.05, 0) is 12.5 Å². The molecular weight excluding hydrogens is 186 g/mol. The van der Waals surface area contributed by atoms with Crippen LogP contribution in [0.2, 0.25) is 0 Å². The van der Waals surface area contributed by atoms with Crippen molar-refractivity contribution in [3.63, 3.8) is 0 Å². The van der Waals surface area contributed by atoms with Crippen molar-refractivity contribution >= 4 is 5.69 Å². The molecular formula is C9H8NO4. The van der Waals surface area contributed by atoms with Gasteiger partial charge >= 0.3 is 0 Å². The zero-order chi connectivity index (χ0) is 10.1. The van der Waals surface area contributed by atoms with Gasteiger partial charge in [0.05, 0.1) is 11.0 Å². The van der Waals surface area contributed by atoms with E-state index in [1.807, 2.05) is 0 Å². The molecule has 0 bridgehead atoms. The predicted molar refractivity (Wildman–Crippen MR) is 48.3 cm³/mol. The minimum absolute atomic E-state index is 0.0387. The molecule has 0 aliphatic carbocycles. The Morgan fingerprint density at radius 2 is 2.07 bits per heavy atom. The van der Waals surface area contributed by atoms with E-state index in [4.69, 9.17) is 9.47 Å². The number of hydrogen-bond acceptors (Lipinski definition) is 4. The predicted octanol–water partition coefficient (Wildman–Crippen LogP) is 1.90. The molecule has 1 radical (unpaired) electrons. The Morgan fingerprint density at radius 3 is 2.64 bits per heavy atom. The van der Waals surface area contributed by atoms with E-state index in [1.165, 1.54) is 6.07 Å². The van der Waals surface area contributed by atoms with E-state index in [1.54, 1.807) is 19.4 Å². The van der Waals surface area contributed by atoms with Gasteiger partial charge in [-0.3, -0.25) is 10.1 Å². The van der Waals surface area contributed by atoms with Gasteiger partial charge in [-0.15, -0.1) is 0 Å². The monoisotopic (exact) mass is 194 g/mol. The Bertz CT molecular complexity index is 389. The van der Waals surface area contributed by atoms with Gasteiger partial charge in [0.1, 0.15) is 0 Å². The van der Waals surface area contributed by atoms with Crippen LogP contribution in [0.1, 0.15) is 12.5 Å². The molecule has 0 N–H and O–H groups in total. The summed E-state index contributed by atoms with van der Waals surface area (Å²) in [5.74, 6) is 0.992. The summed E-state index contributed by atoms with van der Waals surface area (Å²) in [5.41, 5.74) is 0.580. The van der Waals surface area contributed by atoms with E-state index in [2.05, 4.69) is 0 Å². The summed E-state index contributed by atoms with van der Waals surface area (Å²) in [5, 5.41) is 10.7. The molecule has 0 unspecified atom stereocenters. The quantitative estimate of drug-likeness (QED) is 0.532. The summed E-state index contributed by atoms with van der Waals surface area (Å²) in [6.07, 6.45) is 1.67.